The van der Waals surface area contributed by atoms with Crippen molar-refractivity contribution in [3.63, 3.8) is 0 Å². The number of piperidine rings is 1. The summed E-state index contributed by atoms with van der Waals surface area (Å²) in [5.41, 5.74) is 0.883. The average molecular weight is 321 g/mol. The molecule has 1 heterocycles. The van der Waals surface area contributed by atoms with E-state index in [2.05, 4.69) is 15.5 Å². The van der Waals surface area contributed by atoms with E-state index in [-0.39, 0.29) is 23.5 Å². The van der Waals surface area contributed by atoms with Crippen molar-refractivity contribution in [3.05, 3.63) is 35.6 Å². The van der Waals surface area contributed by atoms with Crippen molar-refractivity contribution < 1.29 is 14.0 Å². The molecule has 2 amide bonds. The van der Waals surface area contributed by atoms with Gasteiger partial charge in [0.2, 0.25) is 11.8 Å². The first kappa shape index (κ1) is 17.4. The van der Waals surface area contributed by atoms with Crippen molar-refractivity contribution in [1.82, 2.24) is 15.5 Å². The smallest absolute Gasteiger partial charge is 0.234 e. The lowest BCUT2D eigenvalue weighted by molar-refractivity contribution is -0.127. The predicted octanol–water partition coefficient (Wildman–Crippen LogP) is 1.29. The van der Waals surface area contributed by atoms with E-state index in [1.807, 2.05) is 6.92 Å². The summed E-state index contributed by atoms with van der Waals surface area (Å²) in [6.45, 7) is 4.87. The van der Waals surface area contributed by atoms with Gasteiger partial charge in [-0.05, 0) is 50.6 Å². The van der Waals surface area contributed by atoms with Crippen LogP contribution in [-0.4, -0.2) is 42.9 Å². The highest BCUT2D eigenvalue weighted by Gasteiger charge is 2.25. The number of hydrogen-bond acceptors (Lipinski definition) is 3. The lowest BCUT2D eigenvalue weighted by atomic mass is 9.96. The molecule has 0 aliphatic carbocycles. The number of rotatable bonds is 6. The number of benzene rings is 1. The van der Waals surface area contributed by atoms with Crippen molar-refractivity contribution in [2.75, 3.05) is 26.2 Å². The molecule has 1 fully saturated rings. The minimum Gasteiger partial charge on any atom is -0.355 e. The second-order valence-electron chi connectivity index (χ2n) is 5.85. The van der Waals surface area contributed by atoms with E-state index in [4.69, 9.17) is 0 Å². The summed E-state index contributed by atoms with van der Waals surface area (Å²) in [7, 11) is 0. The Labute approximate surface area is 136 Å². The Morgan fingerprint density at radius 3 is 2.43 bits per heavy atom. The summed E-state index contributed by atoms with van der Waals surface area (Å²) in [6, 6.07) is 6.12. The van der Waals surface area contributed by atoms with Gasteiger partial charge in [-0.1, -0.05) is 12.1 Å². The molecule has 1 aliphatic heterocycles. The molecule has 0 unspecified atom stereocenters. The molecule has 126 valence electrons. The quantitative estimate of drug-likeness (QED) is 0.830. The molecule has 1 aromatic carbocycles. The van der Waals surface area contributed by atoms with Crippen molar-refractivity contribution in [2.45, 2.75) is 26.3 Å². The predicted molar refractivity (Wildman–Crippen MR) is 86.1 cm³/mol. The van der Waals surface area contributed by atoms with Crippen LogP contribution < -0.4 is 10.6 Å². The summed E-state index contributed by atoms with van der Waals surface area (Å²) in [5.74, 6) is -0.223. The van der Waals surface area contributed by atoms with Crippen LogP contribution in [0.1, 0.15) is 25.3 Å². The monoisotopic (exact) mass is 321 g/mol. The van der Waals surface area contributed by atoms with E-state index in [0.29, 0.717) is 19.6 Å². The molecule has 0 aromatic heterocycles. The summed E-state index contributed by atoms with van der Waals surface area (Å²) in [4.78, 5) is 25.8. The third kappa shape index (κ3) is 5.63. The summed E-state index contributed by atoms with van der Waals surface area (Å²) >= 11 is 0. The van der Waals surface area contributed by atoms with Gasteiger partial charge < -0.3 is 10.6 Å². The Bertz CT molecular complexity index is 525. The first-order chi connectivity index (χ1) is 11.1. The maximum absolute atomic E-state index is 12.8. The van der Waals surface area contributed by atoms with Gasteiger partial charge in [-0.25, -0.2) is 4.39 Å². The second-order valence-corrected chi connectivity index (χ2v) is 5.85. The third-order valence-corrected chi connectivity index (χ3v) is 4.08. The van der Waals surface area contributed by atoms with E-state index < -0.39 is 0 Å². The maximum atomic E-state index is 12.8. The molecule has 2 rings (SSSR count). The molecule has 0 bridgehead atoms. The van der Waals surface area contributed by atoms with Gasteiger partial charge in [0, 0.05) is 19.0 Å². The Morgan fingerprint density at radius 2 is 1.83 bits per heavy atom. The van der Waals surface area contributed by atoms with Crippen LogP contribution in [-0.2, 0) is 16.1 Å². The van der Waals surface area contributed by atoms with E-state index in [9.17, 15) is 14.0 Å². The van der Waals surface area contributed by atoms with Crippen molar-refractivity contribution >= 4 is 11.8 Å². The first-order valence-electron chi connectivity index (χ1n) is 8.09. The molecule has 1 saturated heterocycles. The Hall–Kier alpha value is -1.95. The van der Waals surface area contributed by atoms with Crippen LogP contribution in [0.3, 0.4) is 0 Å². The minimum atomic E-state index is -0.278. The van der Waals surface area contributed by atoms with Crippen LogP contribution in [0, 0.1) is 11.7 Å². The number of halogens is 1. The van der Waals surface area contributed by atoms with Gasteiger partial charge in [0.1, 0.15) is 5.82 Å². The number of likely N-dealkylation sites (N-methyl/N-ethyl adjacent to an activating group) is 1. The highest BCUT2D eigenvalue weighted by atomic mass is 19.1. The molecule has 0 radical (unpaired) electrons. The zero-order valence-corrected chi connectivity index (χ0v) is 13.5. The van der Waals surface area contributed by atoms with Crippen LogP contribution in [0.4, 0.5) is 4.39 Å². The molecule has 6 heteroatoms. The van der Waals surface area contributed by atoms with Gasteiger partial charge in [0.25, 0.3) is 0 Å². The Kier molecular flexibility index (Phi) is 6.52. The number of carbonyl (C=O) groups excluding carboxylic acids is 2. The maximum Gasteiger partial charge on any atom is 0.234 e. The normalized spacial score (nSPS) is 16.1. The summed E-state index contributed by atoms with van der Waals surface area (Å²) < 4.78 is 12.8. The number of amides is 2. The number of nitrogens with zero attached hydrogens (tertiary/aromatic N) is 1. The highest BCUT2D eigenvalue weighted by molar-refractivity contribution is 5.79. The van der Waals surface area contributed by atoms with Gasteiger partial charge in [0.05, 0.1) is 6.54 Å². The molecule has 5 nitrogen and oxygen atoms in total. The van der Waals surface area contributed by atoms with Crippen LogP contribution in [0.5, 0.6) is 0 Å². The summed E-state index contributed by atoms with van der Waals surface area (Å²) in [5, 5.41) is 5.69. The first-order valence-corrected chi connectivity index (χ1v) is 8.09. The molecular weight excluding hydrogens is 297 g/mol. The van der Waals surface area contributed by atoms with Gasteiger partial charge in [-0.15, -0.1) is 0 Å². The van der Waals surface area contributed by atoms with Crippen molar-refractivity contribution in [1.29, 1.82) is 0 Å². The van der Waals surface area contributed by atoms with E-state index in [1.165, 1.54) is 12.1 Å². The van der Waals surface area contributed by atoms with E-state index >= 15 is 0 Å². The number of carbonyl (C=O) groups is 2. The molecule has 1 aromatic rings. The van der Waals surface area contributed by atoms with Crippen LogP contribution in [0.15, 0.2) is 24.3 Å². The van der Waals surface area contributed by atoms with Crippen LogP contribution in [0.2, 0.25) is 0 Å². The fraction of sp³-hybridized carbons (Fsp3) is 0.529. The van der Waals surface area contributed by atoms with Crippen LogP contribution in [0.25, 0.3) is 0 Å². The van der Waals surface area contributed by atoms with E-state index in [0.717, 1.165) is 31.5 Å². The molecule has 23 heavy (non-hydrogen) atoms. The number of nitrogens with one attached hydrogen (secondary N) is 2. The molecule has 0 atom stereocenters. The molecule has 1 aliphatic rings. The van der Waals surface area contributed by atoms with Crippen molar-refractivity contribution in [2.24, 2.45) is 5.92 Å². The van der Waals surface area contributed by atoms with Gasteiger partial charge >= 0.3 is 0 Å². The highest BCUT2D eigenvalue weighted by Crippen LogP contribution is 2.17. The Balaban J connectivity index is 1.71. The van der Waals surface area contributed by atoms with Gasteiger partial charge in [-0.2, -0.15) is 0 Å². The fourth-order valence-corrected chi connectivity index (χ4v) is 2.75. The Morgan fingerprint density at radius 1 is 1.17 bits per heavy atom. The lowest BCUT2D eigenvalue weighted by Gasteiger charge is -2.30. The van der Waals surface area contributed by atoms with Crippen molar-refractivity contribution in [3.8, 4) is 0 Å². The molecule has 0 saturated carbocycles. The summed E-state index contributed by atoms with van der Waals surface area (Å²) in [6.07, 6.45) is 1.52. The van der Waals surface area contributed by atoms with Gasteiger partial charge in [0.15, 0.2) is 0 Å². The van der Waals surface area contributed by atoms with Gasteiger partial charge in [-0.3, -0.25) is 14.5 Å². The average Bonchev–Trinajstić information content (AvgIpc) is 2.55. The fourth-order valence-electron chi connectivity index (χ4n) is 2.75. The second kappa shape index (κ2) is 8.62. The largest absolute Gasteiger partial charge is 0.355 e. The minimum absolute atomic E-state index is 0.0130. The third-order valence-electron chi connectivity index (χ3n) is 4.08. The zero-order chi connectivity index (χ0) is 16.7. The number of likely N-dealkylation sites (tertiary alicyclic amines) is 1. The lowest BCUT2D eigenvalue weighted by Crippen LogP contribution is -2.44. The standard InChI is InChI=1S/C17H24FN3O2/c1-2-19-16(22)12-21-9-7-14(8-10-21)17(23)20-11-13-3-5-15(18)6-4-13/h3-6,14H,2,7-12H2,1H3,(H,19,22)(H,20,23). The molecular formula is C17H24FN3O2. The molecule has 0 spiro atoms. The SMILES string of the molecule is CCNC(=O)CN1CCC(C(=O)NCc2ccc(F)cc2)CC1. The van der Waals surface area contributed by atoms with Crippen LogP contribution >= 0.6 is 0 Å². The zero-order valence-electron chi connectivity index (χ0n) is 13.5. The topological polar surface area (TPSA) is 61.4 Å². The molecule has 2 N–H and O–H groups in total. The van der Waals surface area contributed by atoms with E-state index in [1.54, 1.807) is 12.1 Å². The number of hydrogen-bond donors (Lipinski definition) is 2.